The van der Waals surface area contributed by atoms with Crippen molar-refractivity contribution >= 4 is 5.91 Å². The number of carbonyl (C=O) groups excluding carboxylic acids is 1. The average molecular weight is 223 g/mol. The highest BCUT2D eigenvalue weighted by Gasteiger charge is 2.25. The largest absolute Gasteiger partial charge is 0.379 e. The number of nitrogens with one attached hydrogen (secondary N) is 1. The lowest BCUT2D eigenvalue weighted by Crippen LogP contribution is -2.48. The topological polar surface area (TPSA) is 65.4 Å². The molecule has 16 heavy (non-hydrogen) atoms. The van der Waals surface area contributed by atoms with E-state index in [2.05, 4.69) is 10.2 Å². The standard InChI is InChI=1S/C11H17N3O2/c1-11(2,4-3-10(15)13-9-12)14-5-7-16-8-6-14/h3-4H,5-8H2,1-2H3,(H,13,15). The van der Waals surface area contributed by atoms with E-state index in [1.165, 1.54) is 6.08 Å². The SMILES string of the molecule is CC(C)(C=CC(=O)NC#N)N1CCOCC1. The fraction of sp³-hybridized carbons (Fsp3) is 0.636. The smallest absolute Gasteiger partial charge is 0.256 e. The summed E-state index contributed by atoms with van der Waals surface area (Å²) in [5.41, 5.74) is -0.198. The molecule has 5 nitrogen and oxygen atoms in total. The van der Waals surface area contributed by atoms with E-state index in [9.17, 15) is 4.79 Å². The van der Waals surface area contributed by atoms with Crippen LogP contribution in [-0.2, 0) is 9.53 Å². The van der Waals surface area contributed by atoms with Crippen LogP contribution in [0.3, 0.4) is 0 Å². The normalized spacial score (nSPS) is 18.3. The van der Waals surface area contributed by atoms with Crippen LogP contribution in [0.4, 0.5) is 0 Å². The van der Waals surface area contributed by atoms with Crippen LogP contribution in [-0.4, -0.2) is 42.6 Å². The Morgan fingerprint density at radius 2 is 2.12 bits per heavy atom. The van der Waals surface area contributed by atoms with Gasteiger partial charge in [0, 0.05) is 24.7 Å². The molecule has 0 aliphatic carbocycles. The Morgan fingerprint density at radius 3 is 2.69 bits per heavy atom. The minimum absolute atomic E-state index is 0.198. The first-order valence-corrected chi connectivity index (χ1v) is 5.27. The van der Waals surface area contributed by atoms with Gasteiger partial charge in [0.2, 0.25) is 0 Å². The molecule has 88 valence electrons. The second-order valence-corrected chi connectivity index (χ2v) is 4.19. The number of amides is 1. The van der Waals surface area contributed by atoms with E-state index in [0.717, 1.165) is 26.3 Å². The summed E-state index contributed by atoms with van der Waals surface area (Å²) in [6.45, 7) is 7.24. The Labute approximate surface area is 95.7 Å². The Morgan fingerprint density at radius 1 is 1.50 bits per heavy atom. The summed E-state index contributed by atoms with van der Waals surface area (Å²) in [5, 5.41) is 10.3. The third kappa shape index (κ3) is 3.65. The lowest BCUT2D eigenvalue weighted by atomic mass is 10.0. The molecule has 0 unspecified atom stereocenters. The van der Waals surface area contributed by atoms with E-state index in [1.807, 2.05) is 19.9 Å². The van der Waals surface area contributed by atoms with Crippen LogP contribution in [0.1, 0.15) is 13.8 Å². The minimum atomic E-state index is -0.385. The third-order valence-corrected chi connectivity index (χ3v) is 2.65. The molecule has 1 rings (SSSR count). The van der Waals surface area contributed by atoms with E-state index in [-0.39, 0.29) is 11.4 Å². The second-order valence-electron chi connectivity index (χ2n) is 4.19. The lowest BCUT2D eigenvalue weighted by Gasteiger charge is -2.38. The van der Waals surface area contributed by atoms with Crippen molar-refractivity contribution in [2.24, 2.45) is 0 Å². The van der Waals surface area contributed by atoms with Crippen LogP contribution >= 0.6 is 0 Å². The minimum Gasteiger partial charge on any atom is -0.379 e. The summed E-state index contributed by atoms with van der Waals surface area (Å²) in [5.74, 6) is -0.385. The van der Waals surface area contributed by atoms with Gasteiger partial charge in [0.1, 0.15) is 0 Å². The van der Waals surface area contributed by atoms with E-state index in [0.29, 0.717) is 0 Å². The molecule has 0 saturated carbocycles. The van der Waals surface area contributed by atoms with Gasteiger partial charge >= 0.3 is 0 Å². The Balaban J connectivity index is 2.55. The first-order valence-electron chi connectivity index (χ1n) is 5.27. The zero-order valence-corrected chi connectivity index (χ0v) is 9.69. The summed E-state index contributed by atoms with van der Waals surface area (Å²) in [7, 11) is 0. The number of nitrogens with zero attached hydrogens (tertiary/aromatic N) is 2. The predicted molar refractivity (Wildman–Crippen MR) is 59.4 cm³/mol. The number of hydrogen-bond acceptors (Lipinski definition) is 4. The van der Waals surface area contributed by atoms with Crippen LogP contribution in [0.5, 0.6) is 0 Å². The molecule has 0 aromatic carbocycles. The molecule has 1 aliphatic rings. The van der Waals surface area contributed by atoms with Gasteiger partial charge in [0.25, 0.3) is 5.91 Å². The maximum absolute atomic E-state index is 11.1. The van der Waals surface area contributed by atoms with Crippen LogP contribution < -0.4 is 5.32 Å². The summed E-state index contributed by atoms with van der Waals surface area (Å²) < 4.78 is 5.27. The van der Waals surface area contributed by atoms with Gasteiger partial charge < -0.3 is 4.74 Å². The van der Waals surface area contributed by atoms with Crippen molar-refractivity contribution in [3.8, 4) is 6.19 Å². The fourth-order valence-corrected chi connectivity index (χ4v) is 1.62. The average Bonchev–Trinajstić information content (AvgIpc) is 2.28. The van der Waals surface area contributed by atoms with Crippen molar-refractivity contribution in [3.63, 3.8) is 0 Å². The van der Waals surface area contributed by atoms with Crippen molar-refractivity contribution in [2.75, 3.05) is 26.3 Å². The van der Waals surface area contributed by atoms with E-state index >= 15 is 0 Å². The predicted octanol–water partition coefficient (Wildman–Crippen LogP) is 0.251. The van der Waals surface area contributed by atoms with Crippen LogP contribution in [0.2, 0.25) is 0 Å². The molecular formula is C11H17N3O2. The maximum atomic E-state index is 11.1. The van der Waals surface area contributed by atoms with Crippen LogP contribution in [0, 0.1) is 11.5 Å². The Bertz CT molecular complexity index is 312. The molecule has 1 aliphatic heterocycles. The molecular weight excluding hydrogens is 206 g/mol. The lowest BCUT2D eigenvalue weighted by molar-refractivity contribution is -0.115. The van der Waals surface area contributed by atoms with Gasteiger partial charge in [-0.2, -0.15) is 5.26 Å². The zero-order chi connectivity index (χ0) is 12.0. The summed E-state index contributed by atoms with van der Waals surface area (Å²) in [6.07, 6.45) is 4.81. The van der Waals surface area contributed by atoms with Crippen LogP contribution in [0.25, 0.3) is 0 Å². The number of hydrogen-bond donors (Lipinski definition) is 1. The number of morpholine rings is 1. The molecule has 0 spiro atoms. The summed E-state index contributed by atoms with van der Waals surface area (Å²) in [6, 6.07) is 0. The van der Waals surface area contributed by atoms with E-state index in [1.54, 1.807) is 6.19 Å². The number of carbonyl (C=O) groups is 1. The Kier molecular flexibility index (Phi) is 4.47. The van der Waals surface area contributed by atoms with Crippen molar-refractivity contribution in [1.29, 1.82) is 5.26 Å². The molecule has 1 N–H and O–H groups in total. The number of rotatable bonds is 3. The molecule has 0 aromatic heterocycles. The molecule has 1 fully saturated rings. The number of ether oxygens (including phenoxy) is 1. The molecule has 0 bridgehead atoms. The molecule has 0 aromatic rings. The zero-order valence-electron chi connectivity index (χ0n) is 9.69. The number of nitriles is 1. The van der Waals surface area contributed by atoms with Gasteiger partial charge in [-0.15, -0.1) is 0 Å². The van der Waals surface area contributed by atoms with Gasteiger partial charge in [-0.1, -0.05) is 6.08 Å². The van der Waals surface area contributed by atoms with Crippen molar-refractivity contribution in [1.82, 2.24) is 10.2 Å². The van der Waals surface area contributed by atoms with Crippen molar-refractivity contribution < 1.29 is 9.53 Å². The molecule has 0 radical (unpaired) electrons. The Hall–Kier alpha value is -1.38. The van der Waals surface area contributed by atoms with Crippen molar-refractivity contribution in [3.05, 3.63) is 12.2 Å². The molecule has 1 amide bonds. The molecule has 5 heteroatoms. The van der Waals surface area contributed by atoms with Gasteiger partial charge in [0.15, 0.2) is 6.19 Å². The highest BCUT2D eigenvalue weighted by Crippen LogP contribution is 2.17. The quantitative estimate of drug-likeness (QED) is 0.423. The monoisotopic (exact) mass is 223 g/mol. The first kappa shape index (κ1) is 12.7. The van der Waals surface area contributed by atoms with Gasteiger partial charge in [-0.25, -0.2) is 0 Å². The maximum Gasteiger partial charge on any atom is 0.256 e. The second kappa shape index (κ2) is 5.64. The highest BCUT2D eigenvalue weighted by molar-refractivity contribution is 5.88. The van der Waals surface area contributed by atoms with E-state index < -0.39 is 0 Å². The molecule has 1 heterocycles. The molecule has 0 atom stereocenters. The van der Waals surface area contributed by atoms with Gasteiger partial charge in [0.05, 0.1) is 13.2 Å². The van der Waals surface area contributed by atoms with E-state index in [4.69, 9.17) is 10.00 Å². The highest BCUT2D eigenvalue weighted by atomic mass is 16.5. The summed E-state index contributed by atoms with van der Waals surface area (Å²) >= 11 is 0. The first-order chi connectivity index (χ1) is 7.56. The fourth-order valence-electron chi connectivity index (χ4n) is 1.62. The van der Waals surface area contributed by atoms with Gasteiger partial charge in [-0.05, 0) is 13.8 Å². The van der Waals surface area contributed by atoms with Crippen molar-refractivity contribution in [2.45, 2.75) is 19.4 Å². The van der Waals surface area contributed by atoms with Gasteiger partial charge in [-0.3, -0.25) is 15.0 Å². The molecule has 1 saturated heterocycles. The third-order valence-electron chi connectivity index (χ3n) is 2.65. The summed E-state index contributed by atoms with van der Waals surface area (Å²) in [4.78, 5) is 13.4. The van der Waals surface area contributed by atoms with Crippen LogP contribution in [0.15, 0.2) is 12.2 Å².